The Labute approximate surface area is 127 Å². The van der Waals surface area contributed by atoms with Crippen molar-refractivity contribution in [3.63, 3.8) is 0 Å². The summed E-state index contributed by atoms with van der Waals surface area (Å²) in [5.74, 6) is 0. The van der Waals surface area contributed by atoms with Crippen LogP contribution in [0.15, 0.2) is 29.2 Å². The molecule has 0 amide bonds. The lowest BCUT2D eigenvalue weighted by Crippen LogP contribution is -2.46. The Morgan fingerprint density at radius 2 is 2.05 bits per heavy atom. The molecule has 118 valence electrons. The Morgan fingerprint density at radius 3 is 2.67 bits per heavy atom. The van der Waals surface area contributed by atoms with Gasteiger partial charge < -0.3 is 10.1 Å². The van der Waals surface area contributed by atoms with Crippen LogP contribution < -0.4 is 5.32 Å². The lowest BCUT2D eigenvalue weighted by Gasteiger charge is -2.32. The highest BCUT2D eigenvalue weighted by Gasteiger charge is 2.18. The van der Waals surface area contributed by atoms with Crippen LogP contribution >= 0.6 is 0 Å². The molecule has 1 saturated heterocycles. The minimum atomic E-state index is -3.11. The van der Waals surface area contributed by atoms with Gasteiger partial charge in [-0.15, -0.1) is 0 Å². The summed E-state index contributed by atoms with van der Waals surface area (Å²) in [6.45, 7) is 7.53. The molecule has 0 radical (unpaired) electrons. The Morgan fingerprint density at radius 1 is 1.33 bits per heavy atom. The maximum atomic E-state index is 11.4. The zero-order chi connectivity index (χ0) is 15.3. The largest absolute Gasteiger partial charge is 0.374 e. The molecule has 0 saturated carbocycles. The fourth-order valence-electron chi connectivity index (χ4n) is 2.42. The molecule has 0 aliphatic carbocycles. The van der Waals surface area contributed by atoms with Crippen molar-refractivity contribution >= 4 is 9.84 Å². The Kier molecular flexibility index (Phi) is 5.75. The van der Waals surface area contributed by atoms with Crippen molar-refractivity contribution in [1.29, 1.82) is 0 Å². The van der Waals surface area contributed by atoms with Gasteiger partial charge in [-0.05, 0) is 24.2 Å². The monoisotopic (exact) mass is 312 g/mol. The van der Waals surface area contributed by atoms with Gasteiger partial charge in [-0.2, -0.15) is 0 Å². The van der Waals surface area contributed by atoms with E-state index in [0.717, 1.165) is 44.9 Å². The summed E-state index contributed by atoms with van der Waals surface area (Å²) in [5.41, 5.74) is 1.07. The van der Waals surface area contributed by atoms with Gasteiger partial charge in [0.25, 0.3) is 0 Å². The average molecular weight is 312 g/mol. The molecule has 0 bridgehead atoms. The van der Waals surface area contributed by atoms with Crippen LogP contribution in [-0.2, 0) is 21.1 Å². The minimum Gasteiger partial charge on any atom is -0.374 e. The van der Waals surface area contributed by atoms with Crippen molar-refractivity contribution < 1.29 is 13.2 Å². The third kappa shape index (κ3) is 5.07. The van der Waals surface area contributed by atoms with Crippen molar-refractivity contribution in [2.45, 2.75) is 24.5 Å². The number of nitrogens with zero attached hydrogens (tertiary/aromatic N) is 1. The van der Waals surface area contributed by atoms with Crippen LogP contribution in [-0.4, -0.2) is 58.5 Å². The van der Waals surface area contributed by atoms with Crippen LogP contribution in [0, 0.1) is 0 Å². The third-order valence-corrected chi connectivity index (χ3v) is 4.85. The van der Waals surface area contributed by atoms with Gasteiger partial charge in [0.2, 0.25) is 0 Å². The van der Waals surface area contributed by atoms with Crippen LogP contribution in [0.2, 0.25) is 0 Å². The van der Waals surface area contributed by atoms with Gasteiger partial charge in [0.1, 0.15) is 0 Å². The second-order valence-corrected chi connectivity index (χ2v) is 7.45. The number of benzene rings is 1. The van der Waals surface area contributed by atoms with Crippen LogP contribution in [0.4, 0.5) is 0 Å². The van der Waals surface area contributed by atoms with E-state index in [0.29, 0.717) is 4.90 Å². The average Bonchev–Trinajstić information content (AvgIpc) is 2.47. The predicted octanol–water partition coefficient (Wildman–Crippen LogP) is 0.900. The Bertz CT molecular complexity index is 543. The van der Waals surface area contributed by atoms with E-state index in [1.807, 2.05) is 12.1 Å². The van der Waals surface area contributed by atoms with E-state index < -0.39 is 9.84 Å². The quantitative estimate of drug-likeness (QED) is 0.846. The molecule has 1 aliphatic rings. The number of hydrogen-bond acceptors (Lipinski definition) is 5. The first-order chi connectivity index (χ1) is 9.99. The molecule has 0 aromatic heterocycles. The van der Waals surface area contributed by atoms with E-state index in [1.54, 1.807) is 12.1 Å². The molecular weight excluding hydrogens is 288 g/mol. The predicted molar refractivity (Wildman–Crippen MR) is 83.1 cm³/mol. The molecule has 1 aromatic carbocycles. The summed E-state index contributed by atoms with van der Waals surface area (Å²) in [5, 5.41) is 3.37. The van der Waals surface area contributed by atoms with E-state index in [2.05, 4.69) is 17.1 Å². The second kappa shape index (κ2) is 7.35. The van der Waals surface area contributed by atoms with Crippen molar-refractivity contribution in [2.75, 3.05) is 39.0 Å². The number of rotatable bonds is 6. The van der Waals surface area contributed by atoms with Gasteiger partial charge in [-0.1, -0.05) is 19.1 Å². The standard InChI is InChI=1S/C15H24N2O3S/c1-3-17-8-9-20-14(12-17)11-16-10-13-4-6-15(7-5-13)21(2,18)19/h4-7,14,16H,3,8-12H2,1-2H3/t14-/m0/s1. The molecule has 0 unspecified atom stereocenters. The molecule has 1 N–H and O–H groups in total. The van der Waals surface area contributed by atoms with Crippen molar-refractivity contribution in [3.05, 3.63) is 29.8 Å². The normalized spacial score (nSPS) is 20.6. The number of ether oxygens (including phenoxy) is 1. The number of likely N-dealkylation sites (N-methyl/N-ethyl adjacent to an activating group) is 1. The fourth-order valence-corrected chi connectivity index (χ4v) is 3.05. The summed E-state index contributed by atoms with van der Waals surface area (Å²) in [4.78, 5) is 2.75. The minimum absolute atomic E-state index is 0.231. The molecule has 2 rings (SSSR count). The van der Waals surface area contributed by atoms with Gasteiger partial charge in [0.05, 0.1) is 17.6 Å². The number of morpholine rings is 1. The van der Waals surface area contributed by atoms with Gasteiger partial charge in [-0.25, -0.2) is 8.42 Å². The summed E-state index contributed by atoms with van der Waals surface area (Å²) in [6.07, 6.45) is 1.45. The molecule has 1 fully saturated rings. The number of nitrogens with one attached hydrogen (secondary N) is 1. The van der Waals surface area contributed by atoms with Gasteiger partial charge in [0.15, 0.2) is 9.84 Å². The summed E-state index contributed by atoms with van der Waals surface area (Å²) >= 11 is 0. The van der Waals surface area contributed by atoms with Gasteiger partial charge >= 0.3 is 0 Å². The highest BCUT2D eigenvalue weighted by molar-refractivity contribution is 7.90. The second-order valence-electron chi connectivity index (χ2n) is 5.43. The highest BCUT2D eigenvalue weighted by Crippen LogP contribution is 2.10. The molecule has 1 aromatic rings. The molecule has 1 atom stereocenters. The maximum absolute atomic E-state index is 11.4. The zero-order valence-corrected chi connectivity index (χ0v) is 13.5. The van der Waals surface area contributed by atoms with Crippen LogP contribution in [0.3, 0.4) is 0 Å². The van der Waals surface area contributed by atoms with Gasteiger partial charge in [0, 0.05) is 32.4 Å². The van der Waals surface area contributed by atoms with E-state index in [9.17, 15) is 8.42 Å². The summed E-state index contributed by atoms with van der Waals surface area (Å²) in [6, 6.07) is 7.01. The summed E-state index contributed by atoms with van der Waals surface area (Å²) < 4.78 is 28.5. The number of sulfone groups is 1. The van der Waals surface area contributed by atoms with Gasteiger partial charge in [-0.3, -0.25) is 4.90 Å². The third-order valence-electron chi connectivity index (χ3n) is 3.72. The molecule has 1 aliphatic heterocycles. The van der Waals surface area contributed by atoms with E-state index in [-0.39, 0.29) is 6.10 Å². The smallest absolute Gasteiger partial charge is 0.175 e. The maximum Gasteiger partial charge on any atom is 0.175 e. The molecule has 21 heavy (non-hydrogen) atoms. The lowest BCUT2D eigenvalue weighted by atomic mass is 10.2. The lowest BCUT2D eigenvalue weighted by molar-refractivity contribution is -0.0253. The van der Waals surface area contributed by atoms with E-state index in [1.165, 1.54) is 6.26 Å². The SMILES string of the molecule is CCN1CCO[C@@H](CNCc2ccc(S(C)(=O)=O)cc2)C1. The number of hydrogen-bond donors (Lipinski definition) is 1. The van der Waals surface area contributed by atoms with Crippen molar-refractivity contribution in [2.24, 2.45) is 0 Å². The first-order valence-electron chi connectivity index (χ1n) is 7.32. The topological polar surface area (TPSA) is 58.6 Å². The van der Waals surface area contributed by atoms with Crippen LogP contribution in [0.1, 0.15) is 12.5 Å². The molecule has 1 heterocycles. The molecular formula is C15H24N2O3S. The Hall–Kier alpha value is -0.950. The fraction of sp³-hybridized carbons (Fsp3) is 0.600. The zero-order valence-electron chi connectivity index (χ0n) is 12.7. The Balaban J connectivity index is 1.78. The molecule has 5 nitrogen and oxygen atoms in total. The van der Waals surface area contributed by atoms with Crippen molar-refractivity contribution in [3.8, 4) is 0 Å². The highest BCUT2D eigenvalue weighted by atomic mass is 32.2. The molecule has 0 spiro atoms. The summed E-state index contributed by atoms with van der Waals surface area (Å²) in [7, 11) is -3.11. The first-order valence-corrected chi connectivity index (χ1v) is 9.22. The molecule has 6 heteroatoms. The van der Waals surface area contributed by atoms with E-state index >= 15 is 0 Å². The first kappa shape index (κ1) is 16.4. The van der Waals surface area contributed by atoms with Crippen LogP contribution in [0.5, 0.6) is 0 Å². The van der Waals surface area contributed by atoms with Crippen molar-refractivity contribution in [1.82, 2.24) is 10.2 Å². The van der Waals surface area contributed by atoms with E-state index in [4.69, 9.17) is 4.74 Å². The van der Waals surface area contributed by atoms with Crippen LogP contribution in [0.25, 0.3) is 0 Å².